The fourth-order valence-electron chi connectivity index (χ4n) is 6.49. The number of benzene rings is 4. The molecule has 1 saturated heterocycles. The number of phenolic OH excluding ortho intramolecular Hbond substituents is 2. The van der Waals surface area contributed by atoms with Crippen molar-refractivity contribution in [3.63, 3.8) is 0 Å². The summed E-state index contributed by atoms with van der Waals surface area (Å²) in [6.45, 7) is 7.80. The highest BCUT2D eigenvalue weighted by molar-refractivity contribution is 5.47. The number of aromatic hydroxyl groups is 2. The maximum atomic E-state index is 10.9. The van der Waals surface area contributed by atoms with E-state index in [4.69, 9.17) is 33.2 Å². The average Bonchev–Trinajstić information content (AvgIpc) is 3.44. The molecule has 1 aliphatic heterocycles. The molecule has 51 heavy (non-hydrogen) atoms. The molecular formula is C40H48O11. The van der Waals surface area contributed by atoms with Gasteiger partial charge < -0.3 is 53.6 Å². The molecule has 1 heterocycles. The molecule has 4 aromatic rings. The lowest BCUT2D eigenvalue weighted by molar-refractivity contribution is 0.0281. The van der Waals surface area contributed by atoms with Crippen molar-refractivity contribution in [3.8, 4) is 46.0 Å². The molecule has 0 spiro atoms. The average molecular weight is 705 g/mol. The molecule has 1 aliphatic rings. The van der Waals surface area contributed by atoms with Crippen LogP contribution in [0.5, 0.6) is 46.0 Å². The van der Waals surface area contributed by atoms with Crippen molar-refractivity contribution in [3.05, 3.63) is 95.1 Å². The van der Waals surface area contributed by atoms with Crippen LogP contribution in [-0.2, 0) is 4.74 Å². The second-order valence-corrected chi connectivity index (χ2v) is 12.9. The smallest absolute Gasteiger partial charge is 0.161 e. The molecule has 4 N–H and O–H groups in total. The number of hydrogen-bond donors (Lipinski definition) is 4. The zero-order valence-electron chi connectivity index (χ0n) is 30.2. The Bertz CT molecular complexity index is 1660. The molecule has 4 unspecified atom stereocenters. The van der Waals surface area contributed by atoms with Crippen LogP contribution in [0.2, 0.25) is 0 Å². The van der Waals surface area contributed by atoms with Crippen LogP contribution in [0, 0.1) is 11.8 Å². The molecule has 4 aromatic carbocycles. The SMILES string of the molecule is COc1ccc(C(O)C(C)Oc2ccc([C@H]3OC(c4ccc(O[C@H](C)[C@H](O)c5ccc(OC)c(O)c5)c(OC)c4)C(C)[C@H]3C)cc2OC)cc1O. The Labute approximate surface area is 298 Å². The molecule has 11 heteroatoms. The van der Waals surface area contributed by atoms with Crippen LogP contribution in [0.1, 0.15) is 74.4 Å². The van der Waals surface area contributed by atoms with Gasteiger partial charge in [-0.2, -0.15) is 0 Å². The minimum absolute atomic E-state index is 0.0677. The first-order valence-electron chi connectivity index (χ1n) is 16.8. The maximum absolute atomic E-state index is 10.9. The van der Waals surface area contributed by atoms with Crippen LogP contribution in [0.15, 0.2) is 72.8 Å². The second kappa shape index (κ2) is 16.0. The van der Waals surface area contributed by atoms with E-state index >= 15 is 0 Å². The van der Waals surface area contributed by atoms with Gasteiger partial charge in [0, 0.05) is 0 Å². The van der Waals surface area contributed by atoms with Crippen LogP contribution >= 0.6 is 0 Å². The third-order valence-corrected chi connectivity index (χ3v) is 9.71. The molecule has 5 rings (SSSR count). The van der Waals surface area contributed by atoms with E-state index in [1.54, 1.807) is 52.3 Å². The minimum Gasteiger partial charge on any atom is -0.504 e. The third-order valence-electron chi connectivity index (χ3n) is 9.71. The molecule has 11 nitrogen and oxygen atoms in total. The lowest BCUT2D eigenvalue weighted by atomic mass is 9.85. The summed E-state index contributed by atoms with van der Waals surface area (Å²) in [4.78, 5) is 0. The number of hydrogen-bond acceptors (Lipinski definition) is 11. The summed E-state index contributed by atoms with van der Waals surface area (Å²) in [6, 6.07) is 20.8. The Kier molecular flexibility index (Phi) is 11.7. The Morgan fingerprint density at radius 2 is 0.863 bits per heavy atom. The van der Waals surface area contributed by atoms with Crippen molar-refractivity contribution in [1.82, 2.24) is 0 Å². The molecule has 0 radical (unpaired) electrons. The summed E-state index contributed by atoms with van der Waals surface area (Å²) in [7, 11) is 6.06. The number of ether oxygens (including phenoxy) is 7. The van der Waals surface area contributed by atoms with Gasteiger partial charge >= 0.3 is 0 Å². The summed E-state index contributed by atoms with van der Waals surface area (Å²) < 4.78 is 40.6. The maximum Gasteiger partial charge on any atom is 0.161 e. The topological polar surface area (TPSA) is 146 Å². The van der Waals surface area contributed by atoms with Crippen molar-refractivity contribution in [2.24, 2.45) is 11.8 Å². The minimum atomic E-state index is -1.02. The van der Waals surface area contributed by atoms with Gasteiger partial charge in [0.05, 0.1) is 40.6 Å². The van der Waals surface area contributed by atoms with Gasteiger partial charge in [0.15, 0.2) is 46.0 Å². The fourth-order valence-corrected chi connectivity index (χ4v) is 6.49. The van der Waals surface area contributed by atoms with Crippen LogP contribution in [-0.4, -0.2) is 61.1 Å². The predicted molar refractivity (Wildman–Crippen MR) is 190 cm³/mol. The highest BCUT2D eigenvalue weighted by atomic mass is 16.5. The lowest BCUT2D eigenvalue weighted by Gasteiger charge is -2.24. The summed E-state index contributed by atoms with van der Waals surface area (Å²) in [6.07, 6.45) is -3.83. The largest absolute Gasteiger partial charge is 0.504 e. The van der Waals surface area contributed by atoms with E-state index in [0.29, 0.717) is 45.6 Å². The molecule has 0 aromatic heterocycles. The predicted octanol–water partition coefficient (Wildman–Crippen LogP) is 7.22. The van der Waals surface area contributed by atoms with E-state index in [2.05, 4.69) is 13.8 Å². The van der Waals surface area contributed by atoms with Crippen molar-refractivity contribution < 1.29 is 53.6 Å². The van der Waals surface area contributed by atoms with Crippen molar-refractivity contribution in [2.75, 3.05) is 28.4 Å². The molecule has 0 bridgehead atoms. The standard InChI is InChI=1S/C40H48O11/c1-21-22(2)40(28-12-16-34(36(20-28)48-8)50-24(4)38(44)26-10-14-32(46-6)30(42)18-26)51-39(21)27-11-15-33(35(19-27)47-7)49-23(3)37(43)25-9-13-31(45-5)29(41)17-25/h9-24,37-44H,1-8H3/t21-,22?,23?,24-,37?,38+,39+,40?/m1/s1. The Hall–Kier alpha value is -4.84. The number of phenols is 2. The van der Waals surface area contributed by atoms with Crippen molar-refractivity contribution in [1.29, 1.82) is 0 Å². The second-order valence-electron chi connectivity index (χ2n) is 12.9. The zero-order valence-corrected chi connectivity index (χ0v) is 30.2. The highest BCUT2D eigenvalue weighted by Gasteiger charge is 2.41. The fraction of sp³-hybridized carbons (Fsp3) is 0.400. The van der Waals surface area contributed by atoms with Gasteiger partial charge in [-0.25, -0.2) is 0 Å². The van der Waals surface area contributed by atoms with Crippen LogP contribution in [0.3, 0.4) is 0 Å². The normalized spacial score (nSPS) is 20.9. The molecule has 274 valence electrons. The van der Waals surface area contributed by atoms with Gasteiger partial charge in [-0.15, -0.1) is 0 Å². The first-order chi connectivity index (χ1) is 24.4. The highest BCUT2D eigenvalue weighted by Crippen LogP contribution is 2.51. The Morgan fingerprint density at radius 3 is 1.20 bits per heavy atom. The Morgan fingerprint density at radius 1 is 0.510 bits per heavy atom. The van der Waals surface area contributed by atoms with Crippen LogP contribution in [0.4, 0.5) is 0 Å². The molecule has 8 atom stereocenters. The van der Waals surface area contributed by atoms with E-state index in [1.807, 2.05) is 36.4 Å². The number of methoxy groups -OCH3 is 4. The number of aliphatic hydroxyl groups is 2. The number of aliphatic hydroxyl groups excluding tert-OH is 2. The molecule has 0 saturated carbocycles. The van der Waals surface area contributed by atoms with E-state index in [0.717, 1.165) is 11.1 Å². The molecule has 0 amide bonds. The van der Waals surface area contributed by atoms with Gasteiger partial charge in [0.2, 0.25) is 0 Å². The van der Waals surface area contributed by atoms with Crippen molar-refractivity contribution in [2.45, 2.75) is 64.3 Å². The summed E-state index contributed by atoms with van der Waals surface area (Å²) in [5.41, 5.74) is 2.83. The van der Waals surface area contributed by atoms with Gasteiger partial charge in [-0.05, 0) is 96.5 Å². The molecule has 0 aliphatic carbocycles. The Balaban J connectivity index is 1.28. The van der Waals surface area contributed by atoms with Gasteiger partial charge in [-0.1, -0.05) is 38.1 Å². The van der Waals surface area contributed by atoms with Crippen molar-refractivity contribution >= 4 is 0 Å². The quantitative estimate of drug-likeness (QED) is 0.106. The molecular weight excluding hydrogens is 656 g/mol. The summed E-state index contributed by atoms with van der Waals surface area (Å²) in [5.74, 6) is 2.72. The third kappa shape index (κ3) is 7.90. The van der Waals surface area contributed by atoms with E-state index in [9.17, 15) is 20.4 Å². The van der Waals surface area contributed by atoms with E-state index in [-0.39, 0.29) is 35.5 Å². The first kappa shape index (κ1) is 37.4. The first-order valence-corrected chi connectivity index (χ1v) is 16.8. The van der Waals surface area contributed by atoms with Gasteiger partial charge in [0.25, 0.3) is 0 Å². The van der Waals surface area contributed by atoms with E-state index in [1.165, 1.54) is 26.4 Å². The number of rotatable bonds is 14. The van der Waals surface area contributed by atoms with Crippen LogP contribution in [0.25, 0.3) is 0 Å². The van der Waals surface area contributed by atoms with Gasteiger partial charge in [-0.3, -0.25) is 0 Å². The summed E-state index contributed by atoms with van der Waals surface area (Å²) >= 11 is 0. The molecule has 1 fully saturated rings. The van der Waals surface area contributed by atoms with E-state index < -0.39 is 24.4 Å². The monoisotopic (exact) mass is 704 g/mol. The van der Waals surface area contributed by atoms with Gasteiger partial charge in [0.1, 0.15) is 24.4 Å². The summed E-state index contributed by atoms with van der Waals surface area (Å²) in [5, 5.41) is 42.2. The lowest BCUT2D eigenvalue weighted by Crippen LogP contribution is -2.22. The zero-order chi connectivity index (χ0) is 37.0. The van der Waals surface area contributed by atoms with Crippen LogP contribution < -0.4 is 28.4 Å².